The van der Waals surface area contributed by atoms with Crippen LogP contribution in [0.4, 0.5) is 0 Å². The highest BCUT2D eigenvalue weighted by molar-refractivity contribution is 5.83. The van der Waals surface area contributed by atoms with Gasteiger partial charge in [0.25, 0.3) is 0 Å². The zero-order valence-electron chi connectivity index (χ0n) is 31.6. The van der Waals surface area contributed by atoms with Crippen LogP contribution >= 0.6 is 0 Å². The van der Waals surface area contributed by atoms with Crippen molar-refractivity contribution in [1.82, 2.24) is 14.1 Å². The van der Waals surface area contributed by atoms with Gasteiger partial charge in [0.1, 0.15) is 6.33 Å². The van der Waals surface area contributed by atoms with Crippen LogP contribution in [0.2, 0.25) is 0 Å². The Hall–Kier alpha value is -4.55. The van der Waals surface area contributed by atoms with E-state index in [-0.39, 0.29) is 0 Å². The Labute approximate surface area is 307 Å². The first-order valence-corrected chi connectivity index (χ1v) is 19.9. The third-order valence-electron chi connectivity index (χ3n) is 10.5. The number of aromatic nitrogens is 3. The van der Waals surface area contributed by atoms with E-state index in [1.54, 1.807) is 0 Å². The Balaban J connectivity index is 1.36. The second-order valence-corrected chi connectivity index (χ2v) is 14.4. The van der Waals surface area contributed by atoms with Gasteiger partial charge in [0.05, 0.1) is 22.2 Å². The molecular formula is C48H57N3. The van der Waals surface area contributed by atoms with Gasteiger partial charge < -0.3 is 4.57 Å². The second kappa shape index (κ2) is 18.1. The lowest BCUT2D eigenvalue weighted by atomic mass is 9.92. The Morgan fingerprint density at radius 2 is 1.31 bits per heavy atom. The number of nitrogens with zero attached hydrogens (tertiary/aromatic N) is 3. The van der Waals surface area contributed by atoms with E-state index in [2.05, 4.69) is 127 Å². The fraction of sp³-hybridized carbons (Fsp3) is 0.396. The largest absolute Gasteiger partial charge is 0.317 e. The minimum absolute atomic E-state index is 0.988. The fourth-order valence-corrected chi connectivity index (χ4v) is 7.65. The molecule has 0 saturated carbocycles. The molecule has 51 heavy (non-hydrogen) atoms. The molecule has 6 aromatic rings. The normalized spacial score (nSPS) is 11.4. The standard InChI is InChI=1S/C48H57N3/c1-5-9-12-15-19-38-22-27-46-42(32-38)30-31-50(46)43-25-26-44(39(35-43)20-16-13-10-6-2)40-24-29-47(41(34-40)21-17-14-11-7-3)51-36-49-45-33-37(18-8-4)23-28-48(45)51/h22-36H,5-7,9-17,19-21H2,1-4H3. The van der Waals surface area contributed by atoms with Crippen LogP contribution in [-0.4, -0.2) is 14.1 Å². The molecule has 2 aromatic heterocycles. The van der Waals surface area contributed by atoms with E-state index in [0.29, 0.717) is 0 Å². The van der Waals surface area contributed by atoms with Gasteiger partial charge in [-0.25, -0.2) is 4.98 Å². The summed E-state index contributed by atoms with van der Waals surface area (Å²) >= 11 is 0. The molecule has 0 N–H and O–H groups in total. The molecule has 0 spiro atoms. The van der Waals surface area contributed by atoms with Crippen molar-refractivity contribution in [2.75, 3.05) is 0 Å². The molecule has 0 atom stereocenters. The molecule has 0 bridgehead atoms. The Bertz CT molecular complexity index is 2100. The maximum Gasteiger partial charge on any atom is 0.100 e. The molecule has 0 aliphatic carbocycles. The van der Waals surface area contributed by atoms with E-state index in [0.717, 1.165) is 29.4 Å². The van der Waals surface area contributed by atoms with Crippen molar-refractivity contribution in [2.24, 2.45) is 0 Å². The summed E-state index contributed by atoms with van der Waals surface area (Å²) in [6.07, 6.45) is 22.8. The van der Waals surface area contributed by atoms with Crippen LogP contribution in [0.1, 0.15) is 127 Å². The first-order valence-electron chi connectivity index (χ1n) is 19.9. The van der Waals surface area contributed by atoms with Gasteiger partial charge in [0, 0.05) is 22.8 Å². The number of unbranched alkanes of at least 4 members (excludes halogenated alkanes) is 9. The third kappa shape index (κ3) is 8.85. The predicted molar refractivity (Wildman–Crippen MR) is 219 cm³/mol. The highest BCUT2D eigenvalue weighted by Crippen LogP contribution is 2.33. The highest BCUT2D eigenvalue weighted by atomic mass is 15.0. The minimum Gasteiger partial charge on any atom is -0.317 e. The maximum atomic E-state index is 4.81. The SMILES string of the molecule is CC#Cc1ccc2c(c1)ncn2-c1ccc(-c2ccc(-n3ccc4cc(CCCCCC)ccc43)cc2CCCCCC)cc1CCCCCC. The average molecular weight is 676 g/mol. The van der Waals surface area contributed by atoms with E-state index in [1.165, 1.54) is 134 Å². The molecule has 6 rings (SSSR count). The van der Waals surface area contributed by atoms with E-state index in [1.807, 2.05) is 13.3 Å². The fourth-order valence-electron chi connectivity index (χ4n) is 7.65. The summed E-state index contributed by atoms with van der Waals surface area (Å²) < 4.78 is 4.67. The molecule has 4 aromatic carbocycles. The van der Waals surface area contributed by atoms with Gasteiger partial charge >= 0.3 is 0 Å². The minimum atomic E-state index is 0.988. The summed E-state index contributed by atoms with van der Waals surface area (Å²) in [6.45, 7) is 8.75. The van der Waals surface area contributed by atoms with E-state index >= 15 is 0 Å². The van der Waals surface area contributed by atoms with Crippen molar-refractivity contribution >= 4 is 21.9 Å². The van der Waals surface area contributed by atoms with Crippen LogP contribution < -0.4 is 0 Å². The van der Waals surface area contributed by atoms with Gasteiger partial charge in [-0.3, -0.25) is 4.57 Å². The number of imidazole rings is 1. The van der Waals surface area contributed by atoms with Crippen LogP contribution in [0.25, 0.3) is 44.4 Å². The molecule has 0 saturated heterocycles. The molecule has 0 aliphatic heterocycles. The van der Waals surface area contributed by atoms with Crippen LogP contribution in [0.15, 0.2) is 91.4 Å². The first-order chi connectivity index (χ1) is 25.1. The van der Waals surface area contributed by atoms with Crippen LogP contribution in [0.3, 0.4) is 0 Å². The number of benzene rings is 4. The summed E-state index contributed by atoms with van der Waals surface area (Å²) in [4.78, 5) is 4.81. The molecule has 3 heteroatoms. The molecular weight excluding hydrogens is 619 g/mol. The van der Waals surface area contributed by atoms with Crippen molar-refractivity contribution in [3.63, 3.8) is 0 Å². The van der Waals surface area contributed by atoms with Crippen molar-refractivity contribution in [1.29, 1.82) is 0 Å². The number of hydrogen-bond acceptors (Lipinski definition) is 1. The van der Waals surface area contributed by atoms with Gasteiger partial charge in [-0.1, -0.05) is 103 Å². The number of rotatable bonds is 18. The smallest absolute Gasteiger partial charge is 0.100 e. The van der Waals surface area contributed by atoms with Gasteiger partial charge in [0.2, 0.25) is 0 Å². The van der Waals surface area contributed by atoms with Gasteiger partial charge in [-0.15, -0.1) is 5.92 Å². The monoisotopic (exact) mass is 675 g/mol. The van der Waals surface area contributed by atoms with Crippen LogP contribution in [-0.2, 0) is 19.3 Å². The van der Waals surface area contributed by atoms with Crippen molar-refractivity contribution in [2.45, 2.75) is 124 Å². The lowest BCUT2D eigenvalue weighted by molar-refractivity contribution is 0.665. The number of hydrogen-bond donors (Lipinski definition) is 0. The number of aryl methyl sites for hydroxylation is 3. The van der Waals surface area contributed by atoms with Crippen LogP contribution in [0, 0.1) is 11.8 Å². The van der Waals surface area contributed by atoms with Crippen molar-refractivity contribution in [3.05, 3.63) is 114 Å². The Kier molecular flexibility index (Phi) is 12.9. The van der Waals surface area contributed by atoms with Gasteiger partial charge in [0.15, 0.2) is 0 Å². The second-order valence-electron chi connectivity index (χ2n) is 14.4. The highest BCUT2D eigenvalue weighted by Gasteiger charge is 2.15. The summed E-state index contributed by atoms with van der Waals surface area (Å²) in [6, 6.07) is 30.1. The van der Waals surface area contributed by atoms with Gasteiger partial charge in [-0.05, 0) is 134 Å². The Morgan fingerprint density at radius 1 is 0.588 bits per heavy atom. The first kappa shape index (κ1) is 36.2. The summed E-state index contributed by atoms with van der Waals surface area (Å²) in [7, 11) is 0. The lowest BCUT2D eigenvalue weighted by Gasteiger charge is -2.17. The third-order valence-corrected chi connectivity index (χ3v) is 10.5. The Morgan fingerprint density at radius 3 is 2.06 bits per heavy atom. The molecule has 264 valence electrons. The summed E-state index contributed by atoms with van der Waals surface area (Å²) in [5.74, 6) is 6.20. The molecule has 0 amide bonds. The zero-order chi connectivity index (χ0) is 35.4. The van der Waals surface area contributed by atoms with Gasteiger partial charge in [-0.2, -0.15) is 0 Å². The van der Waals surface area contributed by atoms with E-state index in [9.17, 15) is 0 Å². The summed E-state index contributed by atoms with van der Waals surface area (Å²) in [5, 5.41) is 1.33. The lowest BCUT2D eigenvalue weighted by Crippen LogP contribution is -2.01. The predicted octanol–water partition coefficient (Wildman–Crippen LogP) is 13.4. The van der Waals surface area contributed by atoms with Crippen molar-refractivity contribution < 1.29 is 0 Å². The molecule has 0 fully saturated rings. The summed E-state index contributed by atoms with van der Waals surface area (Å²) in [5.41, 5.74) is 13.9. The number of fused-ring (bicyclic) bond motifs is 2. The van der Waals surface area contributed by atoms with Crippen molar-refractivity contribution in [3.8, 4) is 34.3 Å². The van der Waals surface area contributed by atoms with Crippen LogP contribution in [0.5, 0.6) is 0 Å². The molecule has 3 nitrogen and oxygen atoms in total. The molecule has 2 heterocycles. The topological polar surface area (TPSA) is 22.8 Å². The molecule has 0 unspecified atom stereocenters. The van der Waals surface area contributed by atoms with E-state index < -0.39 is 0 Å². The molecule has 0 aliphatic rings. The molecule has 0 radical (unpaired) electrons. The zero-order valence-corrected chi connectivity index (χ0v) is 31.6. The van der Waals surface area contributed by atoms with E-state index in [4.69, 9.17) is 4.98 Å². The quantitative estimate of drug-likeness (QED) is 0.0657. The maximum absolute atomic E-state index is 4.81. The average Bonchev–Trinajstić information content (AvgIpc) is 3.78.